The van der Waals surface area contributed by atoms with Crippen molar-refractivity contribution in [3.8, 4) is 5.75 Å². The molecule has 2 nitrogen and oxygen atoms in total. The topological polar surface area (TPSA) is 21.3 Å². The third kappa shape index (κ3) is 5.46. The van der Waals surface area contributed by atoms with Crippen molar-refractivity contribution >= 4 is 11.8 Å². The molecular formula is C14H23NOS. The molecule has 0 fully saturated rings. The lowest BCUT2D eigenvalue weighted by molar-refractivity contribution is 0.414. The predicted octanol–water partition coefficient (Wildman–Crippen LogP) is 3.49. The maximum Gasteiger partial charge on any atom is 0.118 e. The summed E-state index contributed by atoms with van der Waals surface area (Å²) in [5.41, 5.74) is 1.32. The van der Waals surface area contributed by atoms with Gasteiger partial charge in [0.1, 0.15) is 5.75 Å². The van der Waals surface area contributed by atoms with Crippen LogP contribution in [0.1, 0.15) is 31.4 Å². The third-order valence-electron chi connectivity index (χ3n) is 2.84. The molecule has 17 heavy (non-hydrogen) atoms. The lowest BCUT2D eigenvalue weighted by Crippen LogP contribution is -2.19. The highest BCUT2D eigenvalue weighted by Crippen LogP contribution is 2.17. The SMILES string of the molecule is COc1ccc([C@@H](C)NCCCCSC)cc1. The molecule has 1 N–H and O–H groups in total. The first-order valence-electron chi connectivity index (χ1n) is 6.14. The van der Waals surface area contributed by atoms with E-state index in [-0.39, 0.29) is 0 Å². The van der Waals surface area contributed by atoms with Crippen LogP contribution in [0.15, 0.2) is 24.3 Å². The van der Waals surface area contributed by atoms with Gasteiger partial charge in [-0.05, 0) is 56.0 Å². The molecule has 0 bridgehead atoms. The number of rotatable bonds is 8. The van der Waals surface area contributed by atoms with E-state index in [0.717, 1.165) is 12.3 Å². The highest BCUT2D eigenvalue weighted by atomic mass is 32.2. The second-order valence-corrected chi connectivity index (χ2v) is 5.13. The van der Waals surface area contributed by atoms with Crippen LogP contribution in [0.25, 0.3) is 0 Å². The van der Waals surface area contributed by atoms with Gasteiger partial charge in [-0.3, -0.25) is 0 Å². The number of ether oxygens (including phenoxy) is 1. The fourth-order valence-corrected chi connectivity index (χ4v) is 2.19. The molecule has 0 spiro atoms. The maximum absolute atomic E-state index is 5.15. The Kier molecular flexibility index (Phi) is 7.13. The zero-order valence-corrected chi connectivity index (χ0v) is 11.8. The first kappa shape index (κ1) is 14.4. The molecule has 0 unspecified atom stereocenters. The average molecular weight is 253 g/mol. The highest BCUT2D eigenvalue weighted by Gasteiger charge is 2.03. The van der Waals surface area contributed by atoms with Crippen LogP contribution in [0.3, 0.4) is 0 Å². The molecular weight excluding hydrogens is 230 g/mol. The van der Waals surface area contributed by atoms with E-state index in [9.17, 15) is 0 Å². The molecule has 0 radical (unpaired) electrons. The monoisotopic (exact) mass is 253 g/mol. The first-order chi connectivity index (χ1) is 8.27. The second-order valence-electron chi connectivity index (χ2n) is 4.15. The van der Waals surface area contributed by atoms with Crippen LogP contribution in [0.4, 0.5) is 0 Å². The van der Waals surface area contributed by atoms with E-state index in [1.807, 2.05) is 23.9 Å². The van der Waals surface area contributed by atoms with Crippen LogP contribution < -0.4 is 10.1 Å². The highest BCUT2D eigenvalue weighted by molar-refractivity contribution is 7.98. The van der Waals surface area contributed by atoms with Crippen LogP contribution in [-0.2, 0) is 0 Å². The minimum Gasteiger partial charge on any atom is -0.497 e. The average Bonchev–Trinajstić information content (AvgIpc) is 2.38. The van der Waals surface area contributed by atoms with E-state index in [1.165, 1.54) is 24.2 Å². The van der Waals surface area contributed by atoms with Crippen LogP contribution >= 0.6 is 11.8 Å². The van der Waals surface area contributed by atoms with Gasteiger partial charge in [0.05, 0.1) is 7.11 Å². The molecule has 0 aliphatic heterocycles. The summed E-state index contributed by atoms with van der Waals surface area (Å²) in [6.45, 7) is 3.30. The molecule has 1 atom stereocenters. The number of benzene rings is 1. The summed E-state index contributed by atoms with van der Waals surface area (Å²) in [5.74, 6) is 2.18. The van der Waals surface area contributed by atoms with E-state index in [4.69, 9.17) is 4.74 Å². The smallest absolute Gasteiger partial charge is 0.118 e. The third-order valence-corrected chi connectivity index (χ3v) is 3.54. The van der Waals surface area contributed by atoms with Gasteiger partial charge in [0.15, 0.2) is 0 Å². The van der Waals surface area contributed by atoms with E-state index in [0.29, 0.717) is 6.04 Å². The zero-order valence-electron chi connectivity index (χ0n) is 11.0. The molecule has 0 saturated heterocycles. The van der Waals surface area contributed by atoms with Crippen molar-refractivity contribution in [2.24, 2.45) is 0 Å². The Balaban J connectivity index is 2.28. The Morgan fingerprint density at radius 1 is 1.24 bits per heavy atom. The zero-order chi connectivity index (χ0) is 12.5. The normalized spacial score (nSPS) is 12.4. The number of hydrogen-bond acceptors (Lipinski definition) is 3. The van der Waals surface area contributed by atoms with Crippen molar-refractivity contribution in [2.75, 3.05) is 25.7 Å². The van der Waals surface area contributed by atoms with Gasteiger partial charge in [0.2, 0.25) is 0 Å². The van der Waals surface area contributed by atoms with E-state index in [1.54, 1.807) is 7.11 Å². The van der Waals surface area contributed by atoms with Crippen LogP contribution in [-0.4, -0.2) is 25.7 Å². The van der Waals surface area contributed by atoms with Crippen molar-refractivity contribution in [3.63, 3.8) is 0 Å². The van der Waals surface area contributed by atoms with Gasteiger partial charge in [0.25, 0.3) is 0 Å². The molecule has 1 aromatic rings. The second kappa shape index (κ2) is 8.43. The van der Waals surface area contributed by atoms with Crippen molar-refractivity contribution in [1.82, 2.24) is 5.32 Å². The van der Waals surface area contributed by atoms with E-state index >= 15 is 0 Å². The fraction of sp³-hybridized carbons (Fsp3) is 0.571. The summed E-state index contributed by atoms with van der Waals surface area (Å²) in [6.07, 6.45) is 4.71. The molecule has 0 saturated carbocycles. The Bertz CT molecular complexity index is 300. The van der Waals surface area contributed by atoms with Crippen molar-refractivity contribution in [1.29, 1.82) is 0 Å². The van der Waals surface area contributed by atoms with Crippen molar-refractivity contribution < 1.29 is 4.74 Å². The van der Waals surface area contributed by atoms with Crippen molar-refractivity contribution in [2.45, 2.75) is 25.8 Å². The Morgan fingerprint density at radius 3 is 2.53 bits per heavy atom. The Morgan fingerprint density at radius 2 is 1.94 bits per heavy atom. The largest absolute Gasteiger partial charge is 0.497 e. The van der Waals surface area contributed by atoms with Gasteiger partial charge in [-0.1, -0.05) is 12.1 Å². The molecule has 96 valence electrons. The van der Waals surface area contributed by atoms with Crippen LogP contribution in [0, 0.1) is 0 Å². The molecule has 0 heterocycles. The first-order valence-corrected chi connectivity index (χ1v) is 7.53. The predicted molar refractivity (Wildman–Crippen MR) is 77.0 cm³/mol. The molecule has 0 aliphatic rings. The number of unbranched alkanes of at least 4 members (excludes halogenated alkanes) is 1. The molecule has 0 aromatic heterocycles. The summed E-state index contributed by atoms with van der Waals surface area (Å²) in [7, 11) is 1.70. The van der Waals surface area contributed by atoms with Gasteiger partial charge in [-0.25, -0.2) is 0 Å². The lowest BCUT2D eigenvalue weighted by atomic mass is 10.1. The molecule has 1 rings (SSSR count). The Hall–Kier alpha value is -0.670. The van der Waals surface area contributed by atoms with E-state index < -0.39 is 0 Å². The molecule has 1 aromatic carbocycles. The number of methoxy groups -OCH3 is 1. The molecule has 0 amide bonds. The van der Waals surface area contributed by atoms with Crippen molar-refractivity contribution in [3.05, 3.63) is 29.8 Å². The fourth-order valence-electron chi connectivity index (χ4n) is 1.70. The maximum atomic E-state index is 5.15. The summed E-state index contributed by atoms with van der Waals surface area (Å²) >= 11 is 1.92. The van der Waals surface area contributed by atoms with Gasteiger partial charge >= 0.3 is 0 Å². The minimum absolute atomic E-state index is 0.412. The van der Waals surface area contributed by atoms with Gasteiger partial charge < -0.3 is 10.1 Å². The summed E-state index contributed by atoms with van der Waals surface area (Å²) in [4.78, 5) is 0. The number of hydrogen-bond donors (Lipinski definition) is 1. The van der Waals surface area contributed by atoms with E-state index in [2.05, 4.69) is 30.6 Å². The summed E-state index contributed by atoms with van der Waals surface area (Å²) in [5, 5.41) is 3.55. The number of nitrogens with one attached hydrogen (secondary N) is 1. The van der Waals surface area contributed by atoms with Crippen LogP contribution in [0.5, 0.6) is 5.75 Å². The summed E-state index contributed by atoms with van der Waals surface area (Å²) in [6, 6.07) is 8.69. The number of thioether (sulfide) groups is 1. The standard InChI is InChI=1S/C14H23NOS/c1-12(15-10-4-5-11-17-3)13-6-8-14(16-2)9-7-13/h6-9,12,15H,4-5,10-11H2,1-3H3/t12-/m1/s1. The van der Waals surface area contributed by atoms with Gasteiger partial charge in [0, 0.05) is 6.04 Å². The van der Waals surface area contributed by atoms with Gasteiger partial charge in [-0.15, -0.1) is 0 Å². The lowest BCUT2D eigenvalue weighted by Gasteiger charge is -2.14. The summed E-state index contributed by atoms with van der Waals surface area (Å²) < 4.78 is 5.15. The molecule has 3 heteroatoms. The quantitative estimate of drug-likeness (QED) is 0.717. The minimum atomic E-state index is 0.412. The Labute approximate surface area is 109 Å². The molecule has 0 aliphatic carbocycles. The van der Waals surface area contributed by atoms with Crippen LogP contribution in [0.2, 0.25) is 0 Å². The van der Waals surface area contributed by atoms with Gasteiger partial charge in [-0.2, -0.15) is 11.8 Å².